The van der Waals surface area contributed by atoms with Crippen LogP contribution in [0.15, 0.2) is 12.5 Å². The highest BCUT2D eigenvalue weighted by Gasteiger charge is 2.29. The molecule has 4 N–H and O–H groups in total. The Balaban J connectivity index is 2.45. The zero-order chi connectivity index (χ0) is 14.5. The molecule has 1 rings (SSSR count). The monoisotopic (exact) mass is 268 g/mol. The SMILES string of the molecule is CCC(N)(CC)C(=O)NCCn1cnc(C(=O)O)c1. The number of aromatic nitrogens is 2. The number of nitrogens with two attached hydrogens (primary N) is 1. The number of carbonyl (C=O) groups is 2. The third kappa shape index (κ3) is 3.78. The Kier molecular flexibility index (Phi) is 5.05. The molecule has 7 nitrogen and oxygen atoms in total. The number of carbonyl (C=O) groups excluding carboxylic acids is 1. The summed E-state index contributed by atoms with van der Waals surface area (Å²) in [6.07, 6.45) is 3.99. The number of hydrogen-bond donors (Lipinski definition) is 3. The van der Waals surface area contributed by atoms with Crippen LogP contribution in [0.25, 0.3) is 0 Å². The molecular formula is C12H20N4O3. The fourth-order valence-corrected chi connectivity index (χ4v) is 1.64. The third-order valence-corrected chi connectivity index (χ3v) is 3.22. The smallest absolute Gasteiger partial charge is 0.356 e. The van der Waals surface area contributed by atoms with E-state index in [1.54, 1.807) is 4.57 Å². The number of amides is 1. The van der Waals surface area contributed by atoms with Gasteiger partial charge in [-0.15, -0.1) is 0 Å². The van der Waals surface area contributed by atoms with E-state index in [2.05, 4.69) is 10.3 Å². The molecule has 0 bridgehead atoms. The van der Waals surface area contributed by atoms with E-state index in [1.807, 2.05) is 13.8 Å². The standard InChI is InChI=1S/C12H20N4O3/c1-3-12(13,4-2)11(19)14-5-6-16-7-9(10(17)18)15-8-16/h7-8H,3-6,13H2,1-2H3,(H,14,19)(H,17,18). The number of aromatic carboxylic acids is 1. The van der Waals surface area contributed by atoms with Crippen molar-refractivity contribution in [3.8, 4) is 0 Å². The van der Waals surface area contributed by atoms with Gasteiger partial charge in [0, 0.05) is 19.3 Å². The minimum absolute atomic E-state index is 0.0124. The lowest BCUT2D eigenvalue weighted by Gasteiger charge is -2.25. The summed E-state index contributed by atoms with van der Waals surface area (Å²) in [6, 6.07) is 0. The Bertz CT molecular complexity index is 452. The Morgan fingerprint density at radius 2 is 2.11 bits per heavy atom. The van der Waals surface area contributed by atoms with Crippen LogP contribution in [0.2, 0.25) is 0 Å². The second kappa shape index (κ2) is 6.33. The Morgan fingerprint density at radius 1 is 1.47 bits per heavy atom. The summed E-state index contributed by atoms with van der Waals surface area (Å²) in [7, 11) is 0. The number of hydrogen-bond acceptors (Lipinski definition) is 4. The highest BCUT2D eigenvalue weighted by Crippen LogP contribution is 2.10. The lowest BCUT2D eigenvalue weighted by atomic mass is 9.93. The van der Waals surface area contributed by atoms with E-state index in [0.717, 1.165) is 0 Å². The number of rotatable bonds is 7. The van der Waals surface area contributed by atoms with E-state index in [-0.39, 0.29) is 11.6 Å². The van der Waals surface area contributed by atoms with Crippen LogP contribution in [0.4, 0.5) is 0 Å². The van der Waals surface area contributed by atoms with Crippen LogP contribution in [0, 0.1) is 0 Å². The normalized spacial score (nSPS) is 11.3. The predicted molar refractivity (Wildman–Crippen MR) is 69.7 cm³/mol. The van der Waals surface area contributed by atoms with E-state index in [1.165, 1.54) is 12.5 Å². The summed E-state index contributed by atoms with van der Waals surface area (Å²) >= 11 is 0. The average Bonchev–Trinajstić information content (AvgIpc) is 2.86. The van der Waals surface area contributed by atoms with Crippen molar-refractivity contribution >= 4 is 11.9 Å². The molecule has 19 heavy (non-hydrogen) atoms. The molecular weight excluding hydrogens is 248 g/mol. The summed E-state index contributed by atoms with van der Waals surface area (Å²) in [5, 5.41) is 11.5. The molecule has 0 aliphatic carbocycles. The Labute approximate surface area is 111 Å². The van der Waals surface area contributed by atoms with Crippen LogP contribution in [0.1, 0.15) is 37.2 Å². The molecule has 0 saturated carbocycles. The predicted octanol–water partition coefficient (Wildman–Crippen LogP) is 0.215. The summed E-state index contributed by atoms with van der Waals surface area (Å²) in [5.41, 5.74) is 5.11. The molecule has 7 heteroatoms. The molecule has 0 saturated heterocycles. The zero-order valence-corrected chi connectivity index (χ0v) is 11.2. The fraction of sp³-hybridized carbons (Fsp3) is 0.583. The Morgan fingerprint density at radius 3 is 2.58 bits per heavy atom. The number of nitrogens with one attached hydrogen (secondary N) is 1. The summed E-state index contributed by atoms with van der Waals surface area (Å²) in [4.78, 5) is 26.2. The molecule has 0 aliphatic heterocycles. The van der Waals surface area contributed by atoms with Gasteiger partial charge in [0.1, 0.15) is 0 Å². The minimum atomic E-state index is -1.07. The maximum Gasteiger partial charge on any atom is 0.356 e. The zero-order valence-electron chi connectivity index (χ0n) is 11.2. The second-order valence-electron chi connectivity index (χ2n) is 4.42. The van der Waals surface area contributed by atoms with Crippen LogP contribution >= 0.6 is 0 Å². The van der Waals surface area contributed by atoms with Crippen molar-refractivity contribution in [2.24, 2.45) is 5.73 Å². The van der Waals surface area contributed by atoms with Gasteiger partial charge in [0.2, 0.25) is 5.91 Å². The number of imidazole rings is 1. The van der Waals surface area contributed by atoms with Crippen LogP contribution in [0.5, 0.6) is 0 Å². The summed E-state index contributed by atoms with van der Waals surface area (Å²) in [5.74, 6) is -1.25. The minimum Gasteiger partial charge on any atom is -0.476 e. The van der Waals surface area contributed by atoms with E-state index in [0.29, 0.717) is 25.9 Å². The Hall–Kier alpha value is -1.89. The van der Waals surface area contributed by atoms with Gasteiger partial charge in [0.25, 0.3) is 0 Å². The second-order valence-corrected chi connectivity index (χ2v) is 4.42. The molecule has 0 aromatic carbocycles. The van der Waals surface area contributed by atoms with E-state index >= 15 is 0 Å². The van der Waals surface area contributed by atoms with Crippen molar-refractivity contribution in [3.05, 3.63) is 18.2 Å². The first-order chi connectivity index (χ1) is 8.92. The average molecular weight is 268 g/mol. The first-order valence-corrected chi connectivity index (χ1v) is 6.25. The number of carboxylic acids is 1. The van der Waals surface area contributed by atoms with Crippen molar-refractivity contribution in [2.75, 3.05) is 6.54 Å². The molecule has 0 aliphatic rings. The lowest BCUT2D eigenvalue weighted by Crippen LogP contribution is -2.53. The van der Waals surface area contributed by atoms with E-state index in [4.69, 9.17) is 10.8 Å². The van der Waals surface area contributed by atoms with Gasteiger partial charge in [-0.25, -0.2) is 9.78 Å². The summed E-state index contributed by atoms with van der Waals surface area (Å²) in [6.45, 7) is 4.58. The maximum atomic E-state index is 11.9. The third-order valence-electron chi connectivity index (χ3n) is 3.22. The fourth-order valence-electron chi connectivity index (χ4n) is 1.64. The van der Waals surface area contributed by atoms with E-state index < -0.39 is 11.5 Å². The molecule has 0 unspecified atom stereocenters. The highest BCUT2D eigenvalue weighted by molar-refractivity contribution is 5.86. The van der Waals surface area contributed by atoms with Crippen molar-refractivity contribution in [1.29, 1.82) is 0 Å². The summed E-state index contributed by atoms with van der Waals surface area (Å²) < 4.78 is 1.61. The van der Waals surface area contributed by atoms with Crippen LogP contribution in [-0.4, -0.2) is 38.6 Å². The van der Waals surface area contributed by atoms with Gasteiger partial charge >= 0.3 is 5.97 Å². The topological polar surface area (TPSA) is 110 Å². The van der Waals surface area contributed by atoms with Gasteiger partial charge in [0.15, 0.2) is 5.69 Å². The molecule has 0 spiro atoms. The lowest BCUT2D eigenvalue weighted by molar-refractivity contribution is -0.126. The van der Waals surface area contributed by atoms with Gasteiger partial charge in [-0.05, 0) is 12.8 Å². The molecule has 1 amide bonds. The molecule has 0 radical (unpaired) electrons. The van der Waals surface area contributed by atoms with Gasteiger partial charge in [-0.3, -0.25) is 4.79 Å². The quantitative estimate of drug-likeness (QED) is 0.655. The number of nitrogens with zero attached hydrogens (tertiary/aromatic N) is 2. The molecule has 0 atom stereocenters. The first-order valence-electron chi connectivity index (χ1n) is 6.25. The van der Waals surface area contributed by atoms with Crippen LogP contribution < -0.4 is 11.1 Å². The molecule has 0 fully saturated rings. The van der Waals surface area contributed by atoms with Gasteiger partial charge < -0.3 is 20.7 Å². The van der Waals surface area contributed by atoms with Crippen molar-refractivity contribution in [3.63, 3.8) is 0 Å². The van der Waals surface area contributed by atoms with E-state index in [9.17, 15) is 9.59 Å². The maximum absolute atomic E-state index is 11.9. The molecule has 1 heterocycles. The van der Waals surface area contributed by atoms with Crippen molar-refractivity contribution in [1.82, 2.24) is 14.9 Å². The number of carboxylic acid groups (broad SMARTS) is 1. The van der Waals surface area contributed by atoms with Crippen LogP contribution in [-0.2, 0) is 11.3 Å². The molecule has 1 aromatic heterocycles. The van der Waals surface area contributed by atoms with Crippen molar-refractivity contribution < 1.29 is 14.7 Å². The first kappa shape index (κ1) is 15.2. The molecule has 106 valence electrons. The van der Waals surface area contributed by atoms with Gasteiger partial charge in [0.05, 0.1) is 11.9 Å². The highest BCUT2D eigenvalue weighted by atomic mass is 16.4. The van der Waals surface area contributed by atoms with Gasteiger partial charge in [-0.2, -0.15) is 0 Å². The van der Waals surface area contributed by atoms with Crippen LogP contribution in [0.3, 0.4) is 0 Å². The van der Waals surface area contributed by atoms with Gasteiger partial charge in [-0.1, -0.05) is 13.8 Å². The largest absolute Gasteiger partial charge is 0.476 e. The van der Waals surface area contributed by atoms with Crippen molar-refractivity contribution in [2.45, 2.75) is 38.8 Å². The molecule has 1 aromatic rings.